The summed E-state index contributed by atoms with van der Waals surface area (Å²) in [7, 11) is 0. The van der Waals surface area contributed by atoms with E-state index in [1.807, 2.05) is 6.07 Å². The lowest BCUT2D eigenvalue weighted by Gasteiger charge is -2.16. The molecule has 1 fully saturated rings. The third-order valence-corrected chi connectivity index (χ3v) is 5.39. The monoisotopic (exact) mass is 376 g/mol. The van der Waals surface area contributed by atoms with E-state index >= 15 is 0 Å². The lowest BCUT2D eigenvalue weighted by atomic mass is 10.2. The predicted octanol–water partition coefficient (Wildman–Crippen LogP) is 4.08. The number of aryl methyl sites for hydroxylation is 1. The van der Waals surface area contributed by atoms with Gasteiger partial charge in [0.2, 0.25) is 0 Å². The second-order valence-corrected chi connectivity index (χ2v) is 7.26. The molecule has 0 unspecified atom stereocenters. The second kappa shape index (κ2) is 8.54. The van der Waals surface area contributed by atoms with E-state index in [1.165, 1.54) is 25.7 Å². The fourth-order valence-corrected chi connectivity index (χ4v) is 3.95. The maximum absolute atomic E-state index is 8.98. The molecule has 0 saturated heterocycles. The van der Waals surface area contributed by atoms with Crippen molar-refractivity contribution in [2.75, 3.05) is 18.1 Å². The Labute approximate surface area is 157 Å². The van der Waals surface area contributed by atoms with Gasteiger partial charge in [-0.2, -0.15) is 5.26 Å². The Morgan fingerprint density at radius 3 is 2.88 bits per heavy atom. The van der Waals surface area contributed by atoms with Crippen LogP contribution < -0.4 is 5.32 Å². The van der Waals surface area contributed by atoms with Gasteiger partial charge in [-0.05, 0) is 37.7 Å². The lowest BCUT2D eigenvalue weighted by Crippen LogP contribution is -2.12. The van der Waals surface area contributed by atoms with Crippen LogP contribution in [-0.2, 0) is 6.42 Å². The highest BCUT2D eigenvalue weighted by Crippen LogP contribution is 2.33. The number of aromatic nitrogens is 4. The lowest BCUT2D eigenvalue weighted by molar-refractivity contribution is 0.461. The fourth-order valence-electron chi connectivity index (χ4n) is 3.23. The summed E-state index contributed by atoms with van der Waals surface area (Å²) in [5.74, 6) is 1.74. The Bertz CT molecular complexity index is 763. The SMILES string of the molecule is CSc1nnc(CCCNc2ccc(Cl)c(C#N)n2)n1C1CCCC1. The maximum atomic E-state index is 8.98. The number of nitriles is 1. The van der Waals surface area contributed by atoms with Crippen molar-refractivity contribution in [3.8, 4) is 6.07 Å². The van der Waals surface area contributed by atoms with Crippen molar-refractivity contribution in [1.29, 1.82) is 5.26 Å². The molecule has 1 N–H and O–H groups in total. The third-order valence-electron chi connectivity index (χ3n) is 4.44. The van der Waals surface area contributed by atoms with E-state index in [-0.39, 0.29) is 5.69 Å². The molecule has 3 rings (SSSR count). The summed E-state index contributed by atoms with van der Waals surface area (Å²) in [6, 6.07) is 6.02. The van der Waals surface area contributed by atoms with Gasteiger partial charge in [0.05, 0.1) is 5.02 Å². The number of hydrogen-bond acceptors (Lipinski definition) is 6. The molecule has 2 aromatic heterocycles. The third kappa shape index (κ3) is 4.25. The number of pyridine rings is 1. The van der Waals surface area contributed by atoms with Crippen LogP contribution in [0.1, 0.15) is 49.7 Å². The largest absolute Gasteiger partial charge is 0.370 e. The van der Waals surface area contributed by atoms with Crippen LogP contribution in [0.2, 0.25) is 5.02 Å². The van der Waals surface area contributed by atoms with Gasteiger partial charge in [-0.25, -0.2) is 4.98 Å². The van der Waals surface area contributed by atoms with Crippen LogP contribution in [0.25, 0.3) is 0 Å². The van der Waals surface area contributed by atoms with Crippen molar-refractivity contribution in [2.24, 2.45) is 0 Å². The van der Waals surface area contributed by atoms with E-state index in [0.29, 0.717) is 16.9 Å². The topological polar surface area (TPSA) is 79.4 Å². The van der Waals surface area contributed by atoms with E-state index in [9.17, 15) is 0 Å². The van der Waals surface area contributed by atoms with Gasteiger partial charge >= 0.3 is 0 Å². The summed E-state index contributed by atoms with van der Waals surface area (Å²) in [6.07, 6.45) is 8.88. The molecular formula is C17H21ClN6S. The van der Waals surface area contributed by atoms with Gasteiger partial charge in [0.15, 0.2) is 10.9 Å². The van der Waals surface area contributed by atoms with Gasteiger partial charge in [0.25, 0.3) is 0 Å². The highest BCUT2D eigenvalue weighted by Gasteiger charge is 2.23. The summed E-state index contributed by atoms with van der Waals surface area (Å²) >= 11 is 7.57. The minimum atomic E-state index is 0.247. The molecule has 2 aromatic rings. The second-order valence-electron chi connectivity index (χ2n) is 6.08. The minimum Gasteiger partial charge on any atom is -0.370 e. The maximum Gasteiger partial charge on any atom is 0.191 e. The molecule has 2 heterocycles. The first-order valence-corrected chi connectivity index (χ1v) is 10.1. The zero-order valence-corrected chi connectivity index (χ0v) is 15.8. The van der Waals surface area contributed by atoms with Crippen LogP contribution in [-0.4, -0.2) is 32.5 Å². The van der Waals surface area contributed by atoms with E-state index in [2.05, 4.69) is 31.3 Å². The molecule has 0 bridgehead atoms. The first-order valence-electron chi connectivity index (χ1n) is 8.51. The summed E-state index contributed by atoms with van der Waals surface area (Å²) in [4.78, 5) is 4.19. The van der Waals surface area contributed by atoms with Gasteiger partial charge in [-0.1, -0.05) is 36.2 Å². The van der Waals surface area contributed by atoms with Crippen molar-refractivity contribution < 1.29 is 0 Å². The van der Waals surface area contributed by atoms with Gasteiger partial charge in [-0.3, -0.25) is 0 Å². The molecule has 25 heavy (non-hydrogen) atoms. The van der Waals surface area contributed by atoms with Gasteiger partial charge in [0.1, 0.15) is 17.7 Å². The molecule has 0 aromatic carbocycles. The molecule has 0 radical (unpaired) electrons. The Kier molecular flexibility index (Phi) is 6.16. The zero-order valence-electron chi connectivity index (χ0n) is 14.2. The number of thioether (sulfide) groups is 1. The van der Waals surface area contributed by atoms with E-state index in [1.54, 1.807) is 23.9 Å². The van der Waals surface area contributed by atoms with E-state index in [0.717, 1.165) is 30.4 Å². The smallest absolute Gasteiger partial charge is 0.191 e. The Morgan fingerprint density at radius 1 is 1.36 bits per heavy atom. The molecule has 8 heteroatoms. The Morgan fingerprint density at radius 2 is 2.16 bits per heavy atom. The van der Waals surface area contributed by atoms with Crippen molar-refractivity contribution in [3.63, 3.8) is 0 Å². The normalized spacial score (nSPS) is 14.6. The minimum absolute atomic E-state index is 0.247. The van der Waals surface area contributed by atoms with Gasteiger partial charge in [0, 0.05) is 19.0 Å². The highest BCUT2D eigenvalue weighted by molar-refractivity contribution is 7.98. The molecule has 0 amide bonds. The quantitative estimate of drug-likeness (QED) is 0.579. The first kappa shape index (κ1) is 18.0. The number of rotatable bonds is 7. The summed E-state index contributed by atoms with van der Waals surface area (Å²) in [5, 5.41) is 22.4. The number of anilines is 1. The van der Waals surface area contributed by atoms with Crippen LogP contribution in [0.15, 0.2) is 17.3 Å². The Balaban J connectivity index is 1.57. The van der Waals surface area contributed by atoms with Crippen LogP contribution in [0.4, 0.5) is 5.82 Å². The Hall–Kier alpha value is -1.78. The van der Waals surface area contributed by atoms with Crippen molar-refractivity contribution in [2.45, 2.75) is 49.7 Å². The molecule has 1 saturated carbocycles. The molecule has 1 aliphatic carbocycles. The predicted molar refractivity (Wildman–Crippen MR) is 100 cm³/mol. The highest BCUT2D eigenvalue weighted by atomic mass is 35.5. The van der Waals surface area contributed by atoms with Crippen LogP contribution in [0, 0.1) is 11.3 Å². The molecular weight excluding hydrogens is 356 g/mol. The average Bonchev–Trinajstić information content (AvgIpc) is 3.28. The van der Waals surface area contributed by atoms with Crippen LogP contribution in [0.3, 0.4) is 0 Å². The average molecular weight is 377 g/mol. The van der Waals surface area contributed by atoms with Crippen LogP contribution >= 0.6 is 23.4 Å². The van der Waals surface area contributed by atoms with Gasteiger partial charge < -0.3 is 9.88 Å². The molecule has 0 aliphatic heterocycles. The van der Waals surface area contributed by atoms with E-state index < -0.39 is 0 Å². The van der Waals surface area contributed by atoms with Crippen molar-refractivity contribution in [3.05, 3.63) is 28.7 Å². The zero-order chi connectivity index (χ0) is 17.6. The fraction of sp³-hybridized carbons (Fsp3) is 0.529. The molecule has 0 spiro atoms. The summed E-state index contributed by atoms with van der Waals surface area (Å²) < 4.78 is 2.34. The number of nitrogens with one attached hydrogen (secondary N) is 1. The number of halogens is 1. The molecule has 6 nitrogen and oxygen atoms in total. The number of nitrogens with zero attached hydrogens (tertiary/aromatic N) is 5. The van der Waals surface area contributed by atoms with Crippen LogP contribution in [0.5, 0.6) is 0 Å². The van der Waals surface area contributed by atoms with E-state index in [4.69, 9.17) is 16.9 Å². The molecule has 0 atom stereocenters. The standard InChI is InChI=1S/C17H21ClN6S/c1-25-17-23-22-16(24(17)12-5-2-3-6-12)7-4-10-20-15-9-8-13(18)14(11-19)21-15/h8-9,12H,2-7,10H2,1H3,(H,20,21). The summed E-state index contributed by atoms with van der Waals surface area (Å²) in [5.41, 5.74) is 0.247. The molecule has 1 aliphatic rings. The first-order chi connectivity index (χ1) is 12.2. The van der Waals surface area contributed by atoms with Gasteiger partial charge in [-0.15, -0.1) is 10.2 Å². The van der Waals surface area contributed by atoms with Crippen molar-refractivity contribution in [1.82, 2.24) is 19.7 Å². The van der Waals surface area contributed by atoms with Crippen molar-refractivity contribution >= 4 is 29.2 Å². The summed E-state index contributed by atoms with van der Waals surface area (Å²) in [6.45, 7) is 0.756. The molecule has 132 valence electrons. The number of hydrogen-bond donors (Lipinski definition) is 1.